The van der Waals surface area contributed by atoms with Gasteiger partial charge in [-0.25, -0.2) is 0 Å². The van der Waals surface area contributed by atoms with Crippen molar-refractivity contribution in [2.45, 2.75) is 13.8 Å². The second kappa shape index (κ2) is 7.92. The zero-order chi connectivity index (χ0) is 21.3. The Morgan fingerprint density at radius 1 is 0.967 bits per heavy atom. The SMILES string of the molecule is Cc1cc(Oc2ncnc(Oc3cccc4cccnc34)c2[N+](=O)[O-])cc(C)c1Cl. The van der Waals surface area contributed by atoms with Crippen LogP contribution in [0.4, 0.5) is 5.69 Å². The van der Waals surface area contributed by atoms with Gasteiger partial charge in [-0.05, 0) is 49.2 Å². The molecule has 0 spiro atoms. The highest BCUT2D eigenvalue weighted by molar-refractivity contribution is 6.32. The molecule has 0 atom stereocenters. The van der Waals surface area contributed by atoms with Crippen molar-refractivity contribution in [3.63, 3.8) is 0 Å². The average molecular weight is 423 g/mol. The number of halogens is 1. The van der Waals surface area contributed by atoms with Gasteiger partial charge in [0.25, 0.3) is 0 Å². The van der Waals surface area contributed by atoms with E-state index in [2.05, 4.69) is 15.0 Å². The summed E-state index contributed by atoms with van der Waals surface area (Å²) in [7, 11) is 0. The zero-order valence-electron chi connectivity index (χ0n) is 16.0. The molecule has 0 saturated carbocycles. The second-order valence-corrected chi connectivity index (χ2v) is 6.87. The Balaban J connectivity index is 1.76. The quantitative estimate of drug-likeness (QED) is 0.296. The van der Waals surface area contributed by atoms with Crippen LogP contribution in [0.2, 0.25) is 5.02 Å². The van der Waals surface area contributed by atoms with Gasteiger partial charge in [0.2, 0.25) is 0 Å². The number of para-hydroxylation sites is 1. The molecule has 2 aromatic heterocycles. The van der Waals surface area contributed by atoms with Gasteiger partial charge in [0, 0.05) is 16.6 Å². The molecule has 0 aliphatic rings. The number of pyridine rings is 1. The number of aryl methyl sites for hydroxylation is 2. The van der Waals surface area contributed by atoms with Gasteiger partial charge < -0.3 is 9.47 Å². The summed E-state index contributed by atoms with van der Waals surface area (Å²) in [5.74, 6) is 0.220. The van der Waals surface area contributed by atoms with E-state index in [-0.39, 0.29) is 11.8 Å². The van der Waals surface area contributed by atoms with E-state index in [9.17, 15) is 10.1 Å². The molecule has 2 aromatic carbocycles. The first-order chi connectivity index (χ1) is 14.4. The number of benzene rings is 2. The average Bonchev–Trinajstić information content (AvgIpc) is 2.72. The molecular formula is C21H15ClN4O4. The molecule has 150 valence electrons. The summed E-state index contributed by atoms with van der Waals surface area (Å²) in [5, 5.41) is 13.2. The van der Waals surface area contributed by atoms with Gasteiger partial charge in [-0.3, -0.25) is 15.1 Å². The summed E-state index contributed by atoms with van der Waals surface area (Å²) >= 11 is 6.18. The van der Waals surface area contributed by atoms with Crippen LogP contribution in [-0.4, -0.2) is 19.9 Å². The Morgan fingerprint density at radius 3 is 2.33 bits per heavy atom. The Kier molecular flexibility index (Phi) is 5.16. The van der Waals surface area contributed by atoms with Crippen LogP contribution in [0.25, 0.3) is 10.9 Å². The number of fused-ring (bicyclic) bond motifs is 1. The number of nitro groups is 1. The van der Waals surface area contributed by atoms with E-state index in [0.29, 0.717) is 22.0 Å². The fourth-order valence-electron chi connectivity index (χ4n) is 2.99. The molecule has 0 unspecified atom stereocenters. The van der Waals surface area contributed by atoms with E-state index in [0.717, 1.165) is 22.8 Å². The monoisotopic (exact) mass is 422 g/mol. The van der Waals surface area contributed by atoms with Gasteiger partial charge in [0.1, 0.15) is 17.6 Å². The minimum absolute atomic E-state index is 0.237. The van der Waals surface area contributed by atoms with Crippen LogP contribution in [0, 0.1) is 24.0 Å². The molecule has 0 aliphatic heterocycles. The van der Waals surface area contributed by atoms with Crippen LogP contribution < -0.4 is 9.47 Å². The first kappa shape index (κ1) is 19.5. The highest BCUT2D eigenvalue weighted by atomic mass is 35.5. The van der Waals surface area contributed by atoms with Crippen LogP contribution in [0.3, 0.4) is 0 Å². The van der Waals surface area contributed by atoms with Crippen molar-refractivity contribution in [2.24, 2.45) is 0 Å². The van der Waals surface area contributed by atoms with E-state index in [1.807, 2.05) is 26.0 Å². The largest absolute Gasteiger partial charge is 0.433 e. The molecule has 4 aromatic rings. The summed E-state index contributed by atoms with van der Waals surface area (Å²) in [6, 6.07) is 12.3. The van der Waals surface area contributed by atoms with Crippen LogP contribution >= 0.6 is 11.6 Å². The molecule has 0 radical (unpaired) electrons. The van der Waals surface area contributed by atoms with Crippen LogP contribution in [0.15, 0.2) is 55.0 Å². The molecule has 0 amide bonds. The number of nitrogens with zero attached hydrogens (tertiary/aromatic N) is 4. The number of hydrogen-bond acceptors (Lipinski definition) is 7. The Labute approximate surface area is 176 Å². The molecule has 9 heteroatoms. The van der Waals surface area contributed by atoms with Crippen LogP contribution in [-0.2, 0) is 0 Å². The number of ether oxygens (including phenoxy) is 2. The molecule has 0 aliphatic carbocycles. The van der Waals surface area contributed by atoms with Gasteiger partial charge in [-0.15, -0.1) is 0 Å². The maximum absolute atomic E-state index is 11.8. The predicted octanol–water partition coefficient (Wildman–Crippen LogP) is 5.79. The molecule has 30 heavy (non-hydrogen) atoms. The van der Waals surface area contributed by atoms with Crippen LogP contribution in [0.1, 0.15) is 11.1 Å². The van der Waals surface area contributed by atoms with E-state index in [1.54, 1.807) is 36.5 Å². The minimum Gasteiger partial charge on any atom is -0.433 e. The number of hydrogen-bond donors (Lipinski definition) is 0. The van der Waals surface area contributed by atoms with Gasteiger partial charge >= 0.3 is 17.4 Å². The lowest BCUT2D eigenvalue weighted by Crippen LogP contribution is -2.02. The van der Waals surface area contributed by atoms with Gasteiger partial charge in [0.05, 0.1) is 4.92 Å². The first-order valence-corrected chi connectivity index (χ1v) is 9.27. The summed E-state index contributed by atoms with van der Waals surface area (Å²) in [6.07, 6.45) is 2.76. The predicted molar refractivity (Wildman–Crippen MR) is 112 cm³/mol. The third-order valence-corrected chi connectivity index (χ3v) is 4.96. The topological polar surface area (TPSA) is 100 Å². The lowest BCUT2D eigenvalue weighted by molar-refractivity contribution is -0.387. The van der Waals surface area contributed by atoms with Gasteiger partial charge in [-0.2, -0.15) is 9.97 Å². The molecule has 2 heterocycles. The van der Waals surface area contributed by atoms with Crippen molar-refractivity contribution >= 4 is 28.2 Å². The molecule has 4 rings (SSSR count). The van der Waals surface area contributed by atoms with E-state index < -0.39 is 10.6 Å². The van der Waals surface area contributed by atoms with Gasteiger partial charge in [0.15, 0.2) is 5.75 Å². The Bertz CT molecular complexity index is 1250. The van der Waals surface area contributed by atoms with Crippen molar-refractivity contribution in [3.05, 3.63) is 81.3 Å². The molecule has 0 bridgehead atoms. The van der Waals surface area contributed by atoms with Crippen molar-refractivity contribution in [3.8, 4) is 23.3 Å². The number of rotatable bonds is 5. The minimum atomic E-state index is -0.640. The van der Waals surface area contributed by atoms with Crippen molar-refractivity contribution in [2.75, 3.05) is 0 Å². The molecule has 0 fully saturated rings. The number of aromatic nitrogens is 3. The van der Waals surface area contributed by atoms with Crippen molar-refractivity contribution < 1.29 is 14.4 Å². The maximum atomic E-state index is 11.8. The fraction of sp³-hybridized carbons (Fsp3) is 0.0952. The summed E-state index contributed by atoms with van der Waals surface area (Å²) in [5.41, 5.74) is 1.62. The molecule has 0 saturated heterocycles. The first-order valence-electron chi connectivity index (χ1n) is 8.89. The summed E-state index contributed by atoms with van der Waals surface area (Å²) in [4.78, 5) is 23.3. The lowest BCUT2D eigenvalue weighted by Gasteiger charge is -2.11. The smallest absolute Gasteiger partial charge is 0.393 e. The summed E-state index contributed by atoms with van der Waals surface area (Å²) < 4.78 is 11.5. The van der Waals surface area contributed by atoms with Crippen molar-refractivity contribution in [1.82, 2.24) is 15.0 Å². The van der Waals surface area contributed by atoms with Crippen molar-refractivity contribution in [1.29, 1.82) is 0 Å². The van der Waals surface area contributed by atoms with E-state index in [4.69, 9.17) is 21.1 Å². The third-order valence-electron chi connectivity index (χ3n) is 4.36. The second-order valence-electron chi connectivity index (χ2n) is 6.50. The third kappa shape index (κ3) is 3.72. The van der Waals surface area contributed by atoms with E-state index >= 15 is 0 Å². The Hall–Kier alpha value is -3.78. The van der Waals surface area contributed by atoms with E-state index in [1.165, 1.54) is 0 Å². The zero-order valence-corrected chi connectivity index (χ0v) is 16.8. The fourth-order valence-corrected chi connectivity index (χ4v) is 3.10. The van der Waals surface area contributed by atoms with Crippen LogP contribution in [0.5, 0.6) is 23.3 Å². The molecule has 8 nitrogen and oxygen atoms in total. The lowest BCUT2D eigenvalue weighted by atomic mass is 10.1. The summed E-state index contributed by atoms with van der Waals surface area (Å²) in [6.45, 7) is 3.64. The standard InChI is InChI=1S/C21H15ClN4O4/c1-12-9-15(10-13(2)17(12)22)29-20-19(26(27)28)21(25-11-24-20)30-16-7-3-5-14-6-4-8-23-18(14)16/h3-11H,1-2H3. The van der Waals surface area contributed by atoms with Gasteiger partial charge in [-0.1, -0.05) is 29.8 Å². The highest BCUT2D eigenvalue weighted by Gasteiger charge is 2.28. The maximum Gasteiger partial charge on any atom is 0.393 e. The Morgan fingerprint density at radius 2 is 1.63 bits per heavy atom. The highest BCUT2D eigenvalue weighted by Crippen LogP contribution is 2.39. The molecular weight excluding hydrogens is 408 g/mol. The molecule has 0 N–H and O–H groups in total. The normalized spacial score (nSPS) is 10.8.